The molecule has 2 aromatic carbocycles. The molecule has 1 amide bonds. The van der Waals surface area contributed by atoms with Crippen molar-refractivity contribution in [2.45, 2.75) is 6.92 Å². The lowest BCUT2D eigenvalue weighted by atomic mass is 10.1. The average molecular weight is 418 g/mol. The van der Waals surface area contributed by atoms with E-state index in [1.54, 1.807) is 18.2 Å². The van der Waals surface area contributed by atoms with Crippen LogP contribution >= 0.6 is 27.5 Å². The van der Waals surface area contributed by atoms with Gasteiger partial charge in [-0.05, 0) is 48.9 Å². The number of carbonyl (C=O) groups excluding carboxylic acids is 1. The van der Waals surface area contributed by atoms with Gasteiger partial charge in [0.2, 0.25) is 0 Å². The molecule has 3 rings (SSSR count). The van der Waals surface area contributed by atoms with E-state index in [2.05, 4.69) is 26.5 Å². The molecule has 0 saturated carbocycles. The molecule has 0 spiro atoms. The Balaban J connectivity index is 1.66. The number of nitrogens with zero attached hydrogens (tertiary/aromatic N) is 1. The summed E-state index contributed by atoms with van der Waals surface area (Å²) in [6.07, 6.45) is 1.45. The van der Waals surface area contributed by atoms with Gasteiger partial charge >= 0.3 is 0 Å². The Hall–Kier alpha value is -2.37. The second-order valence-electron chi connectivity index (χ2n) is 5.39. The molecule has 0 aliphatic heterocycles. The Bertz CT molecular complexity index is 933. The number of hydrazone groups is 1. The van der Waals surface area contributed by atoms with Crippen LogP contribution in [-0.2, 0) is 0 Å². The summed E-state index contributed by atoms with van der Waals surface area (Å²) in [4.78, 5) is 12.1. The van der Waals surface area contributed by atoms with Crippen molar-refractivity contribution in [1.29, 1.82) is 0 Å². The highest BCUT2D eigenvalue weighted by Crippen LogP contribution is 2.23. The summed E-state index contributed by atoms with van der Waals surface area (Å²) in [6, 6.07) is 16.6. The van der Waals surface area contributed by atoms with Crippen LogP contribution in [0.2, 0.25) is 5.02 Å². The van der Waals surface area contributed by atoms with Crippen molar-refractivity contribution in [2.24, 2.45) is 5.10 Å². The topological polar surface area (TPSA) is 54.6 Å². The van der Waals surface area contributed by atoms with E-state index in [1.807, 2.05) is 43.3 Å². The molecule has 1 heterocycles. The van der Waals surface area contributed by atoms with Crippen LogP contribution in [0, 0.1) is 6.92 Å². The van der Waals surface area contributed by atoms with Gasteiger partial charge in [0.15, 0.2) is 0 Å². The number of carbonyl (C=O) groups is 1. The Morgan fingerprint density at radius 1 is 1.16 bits per heavy atom. The maximum atomic E-state index is 12.1. The van der Waals surface area contributed by atoms with E-state index in [0.717, 1.165) is 21.4 Å². The zero-order valence-corrected chi connectivity index (χ0v) is 15.6. The predicted molar refractivity (Wildman–Crippen MR) is 103 cm³/mol. The minimum absolute atomic E-state index is 0.374. The predicted octanol–water partition coefficient (Wildman–Crippen LogP) is 5.43. The first-order chi connectivity index (χ1) is 12.0. The largest absolute Gasteiger partial charge is 0.455 e. The highest BCUT2D eigenvalue weighted by atomic mass is 79.9. The van der Waals surface area contributed by atoms with Gasteiger partial charge in [-0.15, -0.1) is 0 Å². The Labute approximate surface area is 158 Å². The summed E-state index contributed by atoms with van der Waals surface area (Å²) in [5.74, 6) is 0.885. The number of hydrogen-bond acceptors (Lipinski definition) is 3. The fourth-order valence-corrected chi connectivity index (χ4v) is 2.80. The van der Waals surface area contributed by atoms with E-state index >= 15 is 0 Å². The molecule has 126 valence electrons. The lowest BCUT2D eigenvalue weighted by molar-refractivity contribution is 0.0955. The normalized spacial score (nSPS) is 11.0. The number of furan rings is 1. The van der Waals surface area contributed by atoms with Gasteiger partial charge in [-0.1, -0.05) is 45.7 Å². The van der Waals surface area contributed by atoms with E-state index < -0.39 is 0 Å². The third-order valence-electron chi connectivity index (χ3n) is 3.48. The summed E-state index contributed by atoms with van der Waals surface area (Å²) < 4.78 is 6.70. The zero-order valence-electron chi connectivity index (χ0n) is 13.3. The number of nitrogens with one attached hydrogen (secondary N) is 1. The smallest absolute Gasteiger partial charge is 0.272 e. The molecule has 6 heteroatoms. The number of benzene rings is 2. The fraction of sp³-hybridized carbons (Fsp3) is 0.0526. The molecule has 0 aliphatic rings. The van der Waals surface area contributed by atoms with E-state index in [9.17, 15) is 4.79 Å². The fourth-order valence-electron chi connectivity index (χ4n) is 2.21. The highest BCUT2D eigenvalue weighted by molar-refractivity contribution is 9.10. The van der Waals surface area contributed by atoms with Crippen LogP contribution in [-0.4, -0.2) is 12.1 Å². The first-order valence-corrected chi connectivity index (χ1v) is 8.65. The van der Waals surface area contributed by atoms with Gasteiger partial charge in [-0.2, -0.15) is 5.10 Å². The standard InChI is InChI=1S/C19H14BrClN2O2/c1-12-2-8-16(17(21)10-12)19(24)23-22-11-15-7-9-18(25-15)13-3-5-14(20)6-4-13/h2-11H,1H3,(H,23,24)/b22-11-. The molecule has 0 unspecified atom stereocenters. The molecule has 0 aliphatic carbocycles. The zero-order chi connectivity index (χ0) is 17.8. The number of rotatable bonds is 4. The molecule has 4 nitrogen and oxygen atoms in total. The number of hydrogen-bond donors (Lipinski definition) is 1. The van der Waals surface area contributed by atoms with Crippen LogP contribution in [0.15, 0.2) is 68.6 Å². The van der Waals surface area contributed by atoms with Crippen molar-refractivity contribution >= 4 is 39.7 Å². The maximum absolute atomic E-state index is 12.1. The minimum Gasteiger partial charge on any atom is -0.455 e. The quantitative estimate of drug-likeness (QED) is 0.454. The van der Waals surface area contributed by atoms with Gasteiger partial charge < -0.3 is 4.42 Å². The molecule has 25 heavy (non-hydrogen) atoms. The molecule has 0 bridgehead atoms. The highest BCUT2D eigenvalue weighted by Gasteiger charge is 2.09. The van der Waals surface area contributed by atoms with Crippen LogP contribution in [0.5, 0.6) is 0 Å². The molecule has 3 aromatic rings. The van der Waals surface area contributed by atoms with Gasteiger partial charge in [-0.3, -0.25) is 4.79 Å². The molecule has 0 atom stereocenters. The molecular formula is C19H14BrClN2O2. The van der Waals surface area contributed by atoms with Gasteiger partial charge in [0, 0.05) is 10.0 Å². The summed E-state index contributed by atoms with van der Waals surface area (Å²) in [5, 5.41) is 4.31. The first-order valence-electron chi connectivity index (χ1n) is 7.48. The Morgan fingerprint density at radius 2 is 1.92 bits per heavy atom. The van der Waals surface area contributed by atoms with Crippen LogP contribution in [0.4, 0.5) is 0 Å². The van der Waals surface area contributed by atoms with E-state index in [-0.39, 0.29) is 5.91 Å². The Morgan fingerprint density at radius 3 is 2.64 bits per heavy atom. The van der Waals surface area contributed by atoms with Gasteiger partial charge in [0.25, 0.3) is 5.91 Å². The molecule has 1 aromatic heterocycles. The maximum Gasteiger partial charge on any atom is 0.272 e. The van der Waals surface area contributed by atoms with E-state index in [4.69, 9.17) is 16.0 Å². The third kappa shape index (κ3) is 4.38. The minimum atomic E-state index is -0.374. The van der Waals surface area contributed by atoms with Gasteiger partial charge in [0.1, 0.15) is 11.5 Å². The lowest BCUT2D eigenvalue weighted by Crippen LogP contribution is -2.18. The lowest BCUT2D eigenvalue weighted by Gasteiger charge is -2.03. The first kappa shape index (κ1) is 17.5. The van der Waals surface area contributed by atoms with Crippen molar-refractivity contribution in [3.63, 3.8) is 0 Å². The second-order valence-corrected chi connectivity index (χ2v) is 6.71. The van der Waals surface area contributed by atoms with E-state index in [0.29, 0.717) is 16.3 Å². The number of amides is 1. The molecular weight excluding hydrogens is 404 g/mol. The molecule has 0 radical (unpaired) electrons. The van der Waals surface area contributed by atoms with Crippen molar-refractivity contribution in [2.75, 3.05) is 0 Å². The average Bonchev–Trinajstić information content (AvgIpc) is 3.04. The van der Waals surface area contributed by atoms with Crippen LogP contribution in [0.1, 0.15) is 21.7 Å². The summed E-state index contributed by atoms with van der Waals surface area (Å²) in [5.41, 5.74) is 4.76. The molecule has 1 N–H and O–H groups in total. The molecule has 0 fully saturated rings. The van der Waals surface area contributed by atoms with Crippen LogP contribution in [0.3, 0.4) is 0 Å². The van der Waals surface area contributed by atoms with Crippen LogP contribution < -0.4 is 5.43 Å². The summed E-state index contributed by atoms with van der Waals surface area (Å²) in [6.45, 7) is 1.91. The molecule has 0 saturated heterocycles. The summed E-state index contributed by atoms with van der Waals surface area (Å²) in [7, 11) is 0. The summed E-state index contributed by atoms with van der Waals surface area (Å²) >= 11 is 9.47. The van der Waals surface area contributed by atoms with Crippen molar-refractivity contribution < 1.29 is 9.21 Å². The third-order valence-corrected chi connectivity index (χ3v) is 4.32. The van der Waals surface area contributed by atoms with Crippen LogP contribution in [0.25, 0.3) is 11.3 Å². The SMILES string of the molecule is Cc1ccc(C(=O)N/N=C\c2ccc(-c3ccc(Br)cc3)o2)c(Cl)c1. The van der Waals surface area contributed by atoms with Crippen molar-refractivity contribution in [3.8, 4) is 11.3 Å². The van der Waals surface area contributed by atoms with Gasteiger partial charge in [-0.25, -0.2) is 5.43 Å². The van der Waals surface area contributed by atoms with Gasteiger partial charge in [0.05, 0.1) is 16.8 Å². The van der Waals surface area contributed by atoms with E-state index in [1.165, 1.54) is 6.21 Å². The van der Waals surface area contributed by atoms with Crippen molar-refractivity contribution in [3.05, 3.63) is 81.0 Å². The second kappa shape index (κ2) is 7.68. The number of aryl methyl sites for hydroxylation is 1. The van der Waals surface area contributed by atoms with Crippen molar-refractivity contribution in [1.82, 2.24) is 5.43 Å². The monoisotopic (exact) mass is 416 g/mol. The number of halogens is 2. The Kier molecular flexibility index (Phi) is 5.36.